The summed E-state index contributed by atoms with van der Waals surface area (Å²) in [6, 6.07) is 17.2. The zero-order valence-electron chi connectivity index (χ0n) is 18.4. The highest BCUT2D eigenvalue weighted by atomic mass is 32.1. The maximum absolute atomic E-state index is 5.53. The minimum absolute atomic E-state index is 0.193. The van der Waals surface area contributed by atoms with Crippen molar-refractivity contribution >= 4 is 33.9 Å². The Morgan fingerprint density at radius 1 is 1.00 bits per heavy atom. The van der Waals surface area contributed by atoms with Crippen molar-refractivity contribution in [2.75, 3.05) is 52.7 Å². The van der Waals surface area contributed by atoms with Crippen LogP contribution in [0.5, 0.6) is 0 Å². The Bertz CT molecular complexity index is 946. The number of hydrogen-bond acceptors (Lipinski definition) is 3. The molecule has 3 aromatic rings. The summed E-state index contributed by atoms with van der Waals surface area (Å²) in [7, 11) is 8.30. The summed E-state index contributed by atoms with van der Waals surface area (Å²) in [6.45, 7) is 2.66. The summed E-state index contributed by atoms with van der Waals surface area (Å²) in [4.78, 5) is 7.72. The quantitative estimate of drug-likeness (QED) is 0.361. The van der Waals surface area contributed by atoms with Crippen molar-refractivity contribution in [1.29, 1.82) is 0 Å². The van der Waals surface area contributed by atoms with Gasteiger partial charge in [0.15, 0.2) is 5.11 Å². The van der Waals surface area contributed by atoms with Gasteiger partial charge in [0.05, 0.1) is 0 Å². The van der Waals surface area contributed by atoms with E-state index in [1.807, 2.05) is 0 Å². The van der Waals surface area contributed by atoms with Gasteiger partial charge >= 0.3 is 0 Å². The predicted molar refractivity (Wildman–Crippen MR) is 133 cm³/mol. The average Bonchev–Trinajstić information content (AvgIpc) is 3.16. The number of para-hydroxylation sites is 1. The Hall–Kier alpha value is -2.57. The maximum atomic E-state index is 5.53. The van der Waals surface area contributed by atoms with E-state index >= 15 is 0 Å². The number of nitrogens with zero attached hydrogens (tertiary/aromatic N) is 2. The van der Waals surface area contributed by atoms with Crippen LogP contribution in [0.3, 0.4) is 0 Å². The SMILES string of the molecule is CN(C)CCCNC(=S)NC[C@@H](c1ccc(N(C)C)cc1)c1c[nH]c2ccccc12. The second-order valence-electron chi connectivity index (χ2n) is 8.12. The van der Waals surface area contributed by atoms with E-state index in [2.05, 4.69) is 108 Å². The van der Waals surface area contributed by atoms with Crippen LogP contribution in [0.2, 0.25) is 0 Å². The van der Waals surface area contributed by atoms with Crippen molar-refractivity contribution in [3.05, 3.63) is 65.9 Å². The molecule has 0 fully saturated rings. The van der Waals surface area contributed by atoms with E-state index in [0.717, 1.165) is 31.6 Å². The first-order valence-electron chi connectivity index (χ1n) is 10.5. The molecule has 0 unspecified atom stereocenters. The number of thiocarbonyl (C=S) groups is 1. The number of fused-ring (bicyclic) bond motifs is 1. The molecule has 2 aromatic carbocycles. The second kappa shape index (κ2) is 10.5. The standard InChI is InChI=1S/C24H33N5S/c1-28(2)15-7-14-25-24(30)27-16-21(18-10-12-19(13-11-18)29(3)4)22-17-26-23-9-6-5-8-20(22)23/h5-6,8-13,17,21,26H,7,14-16H2,1-4H3,(H2,25,27,30)/t21-/m0/s1. The number of hydrogen-bond donors (Lipinski definition) is 3. The van der Waals surface area contributed by atoms with Crippen molar-refractivity contribution in [2.24, 2.45) is 0 Å². The number of H-pyrrole nitrogens is 1. The minimum atomic E-state index is 0.193. The van der Waals surface area contributed by atoms with Gasteiger partial charge < -0.3 is 25.4 Å². The van der Waals surface area contributed by atoms with Gasteiger partial charge in [-0.05, 0) is 68.6 Å². The molecule has 1 heterocycles. The van der Waals surface area contributed by atoms with Crippen LogP contribution in [-0.4, -0.2) is 62.8 Å². The molecule has 6 heteroatoms. The molecule has 3 N–H and O–H groups in total. The Morgan fingerprint density at radius 2 is 1.73 bits per heavy atom. The summed E-state index contributed by atoms with van der Waals surface area (Å²) >= 11 is 5.53. The summed E-state index contributed by atoms with van der Waals surface area (Å²) in [5.41, 5.74) is 4.91. The predicted octanol–water partition coefficient (Wildman–Crippen LogP) is 3.78. The van der Waals surface area contributed by atoms with Gasteiger partial charge in [0, 0.05) is 55.9 Å². The van der Waals surface area contributed by atoms with Gasteiger partial charge in [0.25, 0.3) is 0 Å². The zero-order valence-corrected chi connectivity index (χ0v) is 19.2. The first-order valence-corrected chi connectivity index (χ1v) is 10.9. The van der Waals surface area contributed by atoms with Gasteiger partial charge in [0.2, 0.25) is 0 Å². The number of anilines is 1. The molecule has 0 saturated heterocycles. The fraction of sp³-hybridized carbons (Fsp3) is 0.375. The van der Waals surface area contributed by atoms with E-state index in [1.54, 1.807) is 0 Å². The van der Waals surface area contributed by atoms with Gasteiger partial charge in [-0.15, -0.1) is 0 Å². The molecule has 1 aromatic heterocycles. The van der Waals surface area contributed by atoms with Crippen LogP contribution in [0.25, 0.3) is 10.9 Å². The number of rotatable bonds is 9. The maximum Gasteiger partial charge on any atom is 0.166 e. The first kappa shape index (κ1) is 22.1. The van der Waals surface area contributed by atoms with Crippen LogP contribution in [0, 0.1) is 0 Å². The fourth-order valence-corrected chi connectivity index (χ4v) is 3.83. The van der Waals surface area contributed by atoms with Crippen LogP contribution in [0.1, 0.15) is 23.5 Å². The lowest BCUT2D eigenvalue weighted by atomic mass is 9.90. The molecule has 1 atom stereocenters. The van der Waals surface area contributed by atoms with E-state index in [0.29, 0.717) is 5.11 Å². The minimum Gasteiger partial charge on any atom is -0.378 e. The number of nitrogens with one attached hydrogen (secondary N) is 3. The third-order valence-electron chi connectivity index (χ3n) is 5.34. The molecule has 0 aliphatic rings. The Labute approximate surface area is 185 Å². The van der Waals surface area contributed by atoms with E-state index < -0.39 is 0 Å². The Balaban J connectivity index is 1.75. The van der Waals surface area contributed by atoms with Crippen molar-refractivity contribution in [3.63, 3.8) is 0 Å². The average molecular weight is 424 g/mol. The third-order valence-corrected chi connectivity index (χ3v) is 5.63. The van der Waals surface area contributed by atoms with Gasteiger partial charge in [-0.1, -0.05) is 30.3 Å². The highest BCUT2D eigenvalue weighted by Crippen LogP contribution is 2.31. The van der Waals surface area contributed by atoms with Crippen LogP contribution in [0.15, 0.2) is 54.7 Å². The molecule has 3 rings (SSSR count). The molecule has 5 nitrogen and oxygen atoms in total. The molecule has 0 saturated carbocycles. The molecule has 0 aliphatic heterocycles. The number of aromatic nitrogens is 1. The van der Waals surface area contributed by atoms with Gasteiger partial charge in [0.1, 0.15) is 0 Å². The van der Waals surface area contributed by atoms with Crippen molar-refractivity contribution in [2.45, 2.75) is 12.3 Å². The summed E-state index contributed by atoms with van der Waals surface area (Å²) in [5.74, 6) is 0.193. The topological polar surface area (TPSA) is 46.3 Å². The van der Waals surface area contributed by atoms with E-state index in [9.17, 15) is 0 Å². The fourth-order valence-electron chi connectivity index (χ4n) is 3.65. The lowest BCUT2D eigenvalue weighted by Gasteiger charge is -2.21. The normalized spacial score (nSPS) is 12.2. The Morgan fingerprint density at radius 3 is 2.43 bits per heavy atom. The first-order chi connectivity index (χ1) is 14.5. The molecular formula is C24H33N5S. The van der Waals surface area contributed by atoms with Crippen LogP contribution in [0.4, 0.5) is 5.69 Å². The van der Waals surface area contributed by atoms with E-state index in [1.165, 1.54) is 22.2 Å². The molecule has 30 heavy (non-hydrogen) atoms. The summed E-state index contributed by atoms with van der Waals surface area (Å²) in [5, 5.41) is 8.74. The lowest BCUT2D eigenvalue weighted by molar-refractivity contribution is 0.400. The molecular weight excluding hydrogens is 390 g/mol. The molecule has 0 aliphatic carbocycles. The highest BCUT2D eigenvalue weighted by molar-refractivity contribution is 7.80. The number of benzene rings is 2. The molecule has 0 amide bonds. The summed E-state index contributed by atoms with van der Waals surface area (Å²) in [6.07, 6.45) is 3.19. The van der Waals surface area contributed by atoms with Gasteiger partial charge in [-0.2, -0.15) is 0 Å². The largest absolute Gasteiger partial charge is 0.378 e. The van der Waals surface area contributed by atoms with Gasteiger partial charge in [-0.25, -0.2) is 0 Å². The van der Waals surface area contributed by atoms with Crippen LogP contribution >= 0.6 is 12.2 Å². The molecule has 0 radical (unpaired) electrons. The highest BCUT2D eigenvalue weighted by Gasteiger charge is 2.18. The van der Waals surface area contributed by atoms with Crippen molar-refractivity contribution < 1.29 is 0 Å². The zero-order chi connectivity index (χ0) is 21.5. The Kier molecular flexibility index (Phi) is 7.71. The monoisotopic (exact) mass is 423 g/mol. The van der Waals surface area contributed by atoms with Crippen LogP contribution in [-0.2, 0) is 0 Å². The lowest BCUT2D eigenvalue weighted by Crippen LogP contribution is -2.38. The smallest absolute Gasteiger partial charge is 0.166 e. The third kappa shape index (κ3) is 5.74. The van der Waals surface area contributed by atoms with E-state index in [4.69, 9.17) is 12.2 Å². The molecule has 160 valence electrons. The number of aromatic amines is 1. The molecule has 0 bridgehead atoms. The van der Waals surface area contributed by atoms with Crippen molar-refractivity contribution in [1.82, 2.24) is 20.5 Å². The van der Waals surface area contributed by atoms with Gasteiger partial charge in [-0.3, -0.25) is 0 Å². The van der Waals surface area contributed by atoms with E-state index in [-0.39, 0.29) is 5.92 Å². The molecule has 0 spiro atoms. The van der Waals surface area contributed by atoms with Crippen LogP contribution < -0.4 is 15.5 Å². The van der Waals surface area contributed by atoms with Crippen molar-refractivity contribution in [3.8, 4) is 0 Å². The summed E-state index contributed by atoms with van der Waals surface area (Å²) < 4.78 is 0. The second-order valence-corrected chi connectivity index (χ2v) is 8.53.